The fraction of sp³-hybridized carbons (Fsp3) is 0.105. The number of pyridine rings is 1. The topological polar surface area (TPSA) is 74.9 Å². The Bertz CT molecular complexity index is 1030. The van der Waals surface area contributed by atoms with E-state index in [2.05, 4.69) is 5.32 Å². The van der Waals surface area contributed by atoms with E-state index < -0.39 is 0 Å². The number of para-hydroxylation sites is 2. The third-order valence-corrected chi connectivity index (χ3v) is 3.81. The molecule has 0 aliphatic heterocycles. The Balaban J connectivity index is 1.96. The lowest BCUT2D eigenvalue weighted by Gasteiger charge is -2.12. The lowest BCUT2D eigenvalue weighted by atomic mass is 10.1. The molecule has 24 heavy (non-hydrogen) atoms. The zero-order valence-electron chi connectivity index (χ0n) is 13.1. The summed E-state index contributed by atoms with van der Waals surface area (Å²) in [6.07, 6.45) is 0. The number of nitrogens with zero attached hydrogens (tertiary/aromatic N) is 2. The molecule has 1 heterocycles. The van der Waals surface area contributed by atoms with Gasteiger partial charge in [0.1, 0.15) is 12.6 Å². The number of fused-ring (bicyclic) bond motifs is 1. The number of aryl methyl sites for hydroxylation is 1. The molecule has 0 spiro atoms. The molecule has 0 radical (unpaired) electrons. The summed E-state index contributed by atoms with van der Waals surface area (Å²) in [7, 11) is 0. The SMILES string of the molecule is Cc1cc2ccccc2n(CC(=O)Nc2ccccc2C#N)c1=O. The molecule has 1 N–H and O–H groups in total. The van der Waals surface area contributed by atoms with Gasteiger partial charge in [0, 0.05) is 5.56 Å². The highest BCUT2D eigenvalue weighted by Gasteiger charge is 2.11. The molecule has 0 atom stereocenters. The van der Waals surface area contributed by atoms with E-state index in [0.29, 0.717) is 22.3 Å². The minimum absolute atomic E-state index is 0.110. The van der Waals surface area contributed by atoms with Crippen molar-refractivity contribution in [3.63, 3.8) is 0 Å². The van der Waals surface area contributed by atoms with Crippen LogP contribution in [0.4, 0.5) is 5.69 Å². The first-order valence-corrected chi connectivity index (χ1v) is 7.48. The van der Waals surface area contributed by atoms with Crippen molar-refractivity contribution in [2.24, 2.45) is 0 Å². The molecule has 0 saturated carbocycles. The molecule has 1 amide bonds. The molecular formula is C19H15N3O2. The van der Waals surface area contributed by atoms with Gasteiger partial charge in [0.25, 0.3) is 5.56 Å². The van der Waals surface area contributed by atoms with Crippen LogP contribution in [0.2, 0.25) is 0 Å². The van der Waals surface area contributed by atoms with Crippen LogP contribution in [-0.4, -0.2) is 10.5 Å². The maximum absolute atomic E-state index is 12.4. The summed E-state index contributed by atoms with van der Waals surface area (Å²) in [6.45, 7) is 1.62. The van der Waals surface area contributed by atoms with E-state index in [1.54, 1.807) is 31.2 Å². The highest BCUT2D eigenvalue weighted by Crippen LogP contribution is 2.15. The average Bonchev–Trinajstić information content (AvgIpc) is 2.59. The van der Waals surface area contributed by atoms with Crippen LogP contribution in [0.15, 0.2) is 59.4 Å². The molecular weight excluding hydrogens is 302 g/mol. The van der Waals surface area contributed by atoms with E-state index in [0.717, 1.165) is 5.39 Å². The molecule has 0 unspecified atom stereocenters. The van der Waals surface area contributed by atoms with E-state index >= 15 is 0 Å². The average molecular weight is 317 g/mol. The van der Waals surface area contributed by atoms with Gasteiger partial charge in [0.05, 0.1) is 16.8 Å². The standard InChI is InChI=1S/C19H15N3O2/c1-13-10-14-6-3-5-9-17(14)22(19(13)24)12-18(23)21-16-8-4-2-7-15(16)11-20/h2-10H,12H2,1H3,(H,21,23). The van der Waals surface area contributed by atoms with Crippen molar-refractivity contribution in [3.05, 3.63) is 76.1 Å². The van der Waals surface area contributed by atoms with Crippen LogP contribution in [0.5, 0.6) is 0 Å². The normalized spacial score (nSPS) is 10.3. The van der Waals surface area contributed by atoms with Crippen LogP contribution in [-0.2, 0) is 11.3 Å². The van der Waals surface area contributed by atoms with Gasteiger partial charge in [-0.2, -0.15) is 5.26 Å². The number of aromatic nitrogens is 1. The van der Waals surface area contributed by atoms with Crippen molar-refractivity contribution >= 4 is 22.5 Å². The van der Waals surface area contributed by atoms with Crippen molar-refractivity contribution in [1.82, 2.24) is 4.57 Å². The van der Waals surface area contributed by atoms with E-state index in [1.165, 1.54) is 4.57 Å². The number of benzene rings is 2. The maximum atomic E-state index is 12.4. The van der Waals surface area contributed by atoms with Crippen molar-refractivity contribution in [2.45, 2.75) is 13.5 Å². The Morgan fingerprint density at radius 3 is 2.67 bits per heavy atom. The zero-order valence-corrected chi connectivity index (χ0v) is 13.1. The predicted molar refractivity (Wildman–Crippen MR) is 92.7 cm³/mol. The van der Waals surface area contributed by atoms with Gasteiger partial charge in [0.2, 0.25) is 5.91 Å². The van der Waals surface area contributed by atoms with Crippen molar-refractivity contribution in [1.29, 1.82) is 5.26 Å². The first-order chi connectivity index (χ1) is 11.6. The number of carbonyl (C=O) groups is 1. The number of anilines is 1. The predicted octanol–water partition coefficient (Wildman–Crippen LogP) is 2.82. The highest BCUT2D eigenvalue weighted by atomic mass is 16.2. The molecule has 1 aromatic heterocycles. The highest BCUT2D eigenvalue weighted by molar-refractivity contribution is 5.93. The first-order valence-electron chi connectivity index (χ1n) is 7.48. The van der Waals surface area contributed by atoms with Gasteiger partial charge >= 0.3 is 0 Å². The number of nitriles is 1. The van der Waals surface area contributed by atoms with Gasteiger partial charge in [-0.1, -0.05) is 30.3 Å². The van der Waals surface area contributed by atoms with Crippen LogP contribution >= 0.6 is 0 Å². The fourth-order valence-corrected chi connectivity index (χ4v) is 2.65. The minimum atomic E-state index is -0.351. The molecule has 0 aliphatic carbocycles. The molecule has 5 nitrogen and oxygen atoms in total. The van der Waals surface area contributed by atoms with Crippen LogP contribution in [0.1, 0.15) is 11.1 Å². The number of rotatable bonds is 3. The van der Waals surface area contributed by atoms with Gasteiger partial charge < -0.3 is 5.32 Å². The number of hydrogen-bond acceptors (Lipinski definition) is 3. The zero-order chi connectivity index (χ0) is 17.1. The summed E-state index contributed by atoms with van der Waals surface area (Å²) in [5.41, 5.74) is 1.91. The summed E-state index contributed by atoms with van der Waals surface area (Å²) in [5.74, 6) is -0.351. The van der Waals surface area contributed by atoms with E-state index in [-0.39, 0.29) is 18.0 Å². The summed E-state index contributed by atoms with van der Waals surface area (Å²) >= 11 is 0. The molecule has 0 bridgehead atoms. The summed E-state index contributed by atoms with van der Waals surface area (Å²) in [4.78, 5) is 24.8. The van der Waals surface area contributed by atoms with Gasteiger partial charge in [-0.25, -0.2) is 0 Å². The third kappa shape index (κ3) is 2.90. The molecule has 0 saturated heterocycles. The first kappa shape index (κ1) is 15.5. The summed E-state index contributed by atoms with van der Waals surface area (Å²) in [6, 6.07) is 18.0. The molecule has 3 rings (SSSR count). The molecule has 118 valence electrons. The van der Waals surface area contributed by atoms with E-state index in [1.807, 2.05) is 36.4 Å². The van der Waals surface area contributed by atoms with Crippen LogP contribution in [0.25, 0.3) is 10.9 Å². The quantitative estimate of drug-likeness (QED) is 0.807. The number of amides is 1. The Morgan fingerprint density at radius 2 is 1.88 bits per heavy atom. The summed E-state index contributed by atoms with van der Waals surface area (Å²) < 4.78 is 1.45. The summed E-state index contributed by atoms with van der Waals surface area (Å²) in [5, 5.41) is 12.7. The Morgan fingerprint density at radius 1 is 1.17 bits per heavy atom. The second-order valence-electron chi connectivity index (χ2n) is 5.48. The van der Waals surface area contributed by atoms with Gasteiger partial charge in [-0.3, -0.25) is 14.2 Å². The Kier molecular flexibility index (Phi) is 4.13. The molecule has 0 fully saturated rings. The number of hydrogen-bond donors (Lipinski definition) is 1. The lowest BCUT2D eigenvalue weighted by molar-refractivity contribution is -0.116. The number of nitrogens with one attached hydrogen (secondary N) is 1. The van der Waals surface area contributed by atoms with Gasteiger partial charge in [0.15, 0.2) is 0 Å². The van der Waals surface area contributed by atoms with Gasteiger partial charge in [-0.15, -0.1) is 0 Å². The largest absolute Gasteiger partial charge is 0.323 e. The third-order valence-electron chi connectivity index (χ3n) is 3.81. The lowest BCUT2D eigenvalue weighted by Crippen LogP contribution is -2.29. The molecule has 0 aliphatic rings. The second-order valence-corrected chi connectivity index (χ2v) is 5.48. The van der Waals surface area contributed by atoms with Crippen molar-refractivity contribution < 1.29 is 4.79 Å². The second kappa shape index (κ2) is 6.39. The molecule has 5 heteroatoms. The Hall–Kier alpha value is -3.39. The smallest absolute Gasteiger partial charge is 0.254 e. The van der Waals surface area contributed by atoms with Gasteiger partial charge in [-0.05, 0) is 36.6 Å². The van der Waals surface area contributed by atoms with E-state index in [9.17, 15) is 9.59 Å². The van der Waals surface area contributed by atoms with Crippen LogP contribution in [0.3, 0.4) is 0 Å². The minimum Gasteiger partial charge on any atom is -0.323 e. The maximum Gasteiger partial charge on any atom is 0.254 e. The Labute approximate surface area is 138 Å². The molecule has 3 aromatic rings. The van der Waals surface area contributed by atoms with Crippen LogP contribution < -0.4 is 10.9 Å². The van der Waals surface area contributed by atoms with Crippen LogP contribution in [0, 0.1) is 18.3 Å². The molecule has 2 aromatic carbocycles. The van der Waals surface area contributed by atoms with Crippen molar-refractivity contribution in [2.75, 3.05) is 5.32 Å². The fourth-order valence-electron chi connectivity index (χ4n) is 2.65. The van der Waals surface area contributed by atoms with Crippen molar-refractivity contribution in [3.8, 4) is 6.07 Å². The number of carbonyl (C=O) groups excluding carboxylic acids is 1. The monoisotopic (exact) mass is 317 g/mol. The van der Waals surface area contributed by atoms with E-state index in [4.69, 9.17) is 5.26 Å².